The van der Waals surface area contributed by atoms with E-state index in [0.717, 1.165) is 12.8 Å². The van der Waals surface area contributed by atoms with Crippen LogP contribution in [0.2, 0.25) is 0 Å². The molecule has 2 heteroatoms. The number of hydrogen-bond donors (Lipinski definition) is 0. The van der Waals surface area contributed by atoms with Crippen LogP contribution in [0.4, 0.5) is 0 Å². The fourth-order valence-electron chi connectivity index (χ4n) is 0.681. The van der Waals surface area contributed by atoms with Crippen molar-refractivity contribution in [2.45, 2.75) is 33.6 Å². The van der Waals surface area contributed by atoms with Gasteiger partial charge in [0.2, 0.25) is 0 Å². The first-order chi connectivity index (χ1) is 3.62. The van der Waals surface area contributed by atoms with Gasteiger partial charge in [0, 0.05) is 0 Å². The Morgan fingerprint density at radius 2 is 1.89 bits per heavy atom. The van der Waals surface area contributed by atoms with Gasteiger partial charge in [-0.25, -0.2) is 0 Å². The fourth-order valence-corrected chi connectivity index (χ4v) is 0.681. The first-order valence-corrected chi connectivity index (χ1v) is 3.03. The van der Waals surface area contributed by atoms with Crippen molar-refractivity contribution in [1.29, 1.82) is 5.26 Å². The normalized spacial score (nSPS) is 9.56. The van der Waals surface area contributed by atoms with Gasteiger partial charge in [-0.3, -0.25) is 0 Å². The van der Waals surface area contributed by atoms with Crippen molar-refractivity contribution < 1.29 is 0 Å². The minimum absolute atomic E-state index is 0. The smallest absolute Gasteiger partial charge is 0.0683 e. The summed E-state index contributed by atoms with van der Waals surface area (Å²) in [5.41, 5.74) is -0.102. The highest BCUT2D eigenvalue weighted by Crippen LogP contribution is 2.19. The molecule has 0 aliphatic heterocycles. The number of nitrogens with zero attached hydrogens (tertiary/aromatic N) is 1. The van der Waals surface area contributed by atoms with Crippen LogP contribution in [-0.2, 0) is 0 Å². The third-order valence-corrected chi connectivity index (χ3v) is 1.18. The highest BCUT2D eigenvalue weighted by atomic mass is 35.5. The van der Waals surface area contributed by atoms with Gasteiger partial charge in [0.15, 0.2) is 0 Å². The van der Waals surface area contributed by atoms with Gasteiger partial charge >= 0.3 is 0 Å². The van der Waals surface area contributed by atoms with E-state index < -0.39 is 0 Å². The second-order valence-electron chi connectivity index (χ2n) is 2.75. The first-order valence-electron chi connectivity index (χ1n) is 3.03. The molecule has 0 aliphatic rings. The molecule has 0 spiro atoms. The van der Waals surface area contributed by atoms with Crippen molar-refractivity contribution in [3.63, 3.8) is 0 Å². The summed E-state index contributed by atoms with van der Waals surface area (Å²) < 4.78 is 0. The summed E-state index contributed by atoms with van der Waals surface area (Å²) in [6, 6.07) is 2.24. The lowest BCUT2D eigenvalue weighted by atomic mass is 9.90. The van der Waals surface area contributed by atoms with E-state index in [0.29, 0.717) is 0 Å². The van der Waals surface area contributed by atoms with Gasteiger partial charge in [-0.05, 0) is 20.3 Å². The van der Waals surface area contributed by atoms with Crippen LogP contribution in [0.3, 0.4) is 0 Å². The Morgan fingerprint density at radius 3 is 2.00 bits per heavy atom. The summed E-state index contributed by atoms with van der Waals surface area (Å²) in [4.78, 5) is 0. The molecule has 0 aromatic carbocycles. The maximum absolute atomic E-state index is 8.48. The van der Waals surface area contributed by atoms with E-state index in [1.807, 2.05) is 13.8 Å². The number of rotatable bonds is 2. The van der Waals surface area contributed by atoms with Crippen LogP contribution < -0.4 is 0 Å². The minimum Gasteiger partial charge on any atom is -0.198 e. The van der Waals surface area contributed by atoms with Gasteiger partial charge in [-0.1, -0.05) is 13.3 Å². The average Bonchev–Trinajstić information content (AvgIpc) is 1.67. The van der Waals surface area contributed by atoms with Gasteiger partial charge < -0.3 is 0 Å². The van der Waals surface area contributed by atoms with Crippen molar-refractivity contribution in [3.8, 4) is 6.07 Å². The molecule has 0 amide bonds. The topological polar surface area (TPSA) is 23.8 Å². The summed E-state index contributed by atoms with van der Waals surface area (Å²) in [7, 11) is 0. The molecule has 0 rings (SSSR count). The van der Waals surface area contributed by atoms with E-state index in [1.54, 1.807) is 0 Å². The second kappa shape index (κ2) is 4.64. The van der Waals surface area contributed by atoms with Gasteiger partial charge in [0.25, 0.3) is 0 Å². The summed E-state index contributed by atoms with van der Waals surface area (Å²) in [5.74, 6) is 0. The molecule has 0 radical (unpaired) electrons. The lowest BCUT2D eigenvalue weighted by Crippen LogP contribution is -2.05. The Hall–Kier alpha value is -0.220. The SMILES string of the molecule is CCCC(C)(C)C#N.Cl. The zero-order valence-electron chi connectivity index (χ0n) is 6.27. The second-order valence-corrected chi connectivity index (χ2v) is 2.75. The lowest BCUT2D eigenvalue weighted by molar-refractivity contribution is 0.446. The Bertz CT molecular complexity index is 102. The molecule has 0 bridgehead atoms. The van der Waals surface area contributed by atoms with E-state index >= 15 is 0 Å². The summed E-state index contributed by atoms with van der Waals surface area (Å²) in [6.07, 6.45) is 2.10. The molecule has 54 valence electrons. The van der Waals surface area contributed by atoms with Crippen molar-refractivity contribution in [1.82, 2.24) is 0 Å². The fraction of sp³-hybridized carbons (Fsp3) is 0.857. The zero-order chi connectivity index (χ0) is 6.62. The maximum atomic E-state index is 8.48. The Kier molecular flexibility index (Phi) is 5.96. The van der Waals surface area contributed by atoms with E-state index in [1.165, 1.54) is 0 Å². The highest BCUT2D eigenvalue weighted by Gasteiger charge is 2.13. The molecule has 0 saturated heterocycles. The van der Waals surface area contributed by atoms with Crippen molar-refractivity contribution in [2.75, 3.05) is 0 Å². The van der Waals surface area contributed by atoms with Gasteiger partial charge in [-0.15, -0.1) is 12.4 Å². The van der Waals surface area contributed by atoms with Crippen LogP contribution in [-0.4, -0.2) is 0 Å². The molecule has 0 fully saturated rings. The Morgan fingerprint density at radius 1 is 1.44 bits per heavy atom. The molecule has 0 heterocycles. The maximum Gasteiger partial charge on any atom is 0.0683 e. The number of nitriles is 1. The van der Waals surface area contributed by atoms with Crippen LogP contribution in [0.1, 0.15) is 33.6 Å². The van der Waals surface area contributed by atoms with Gasteiger partial charge in [0.1, 0.15) is 0 Å². The van der Waals surface area contributed by atoms with Crippen LogP contribution >= 0.6 is 12.4 Å². The zero-order valence-corrected chi connectivity index (χ0v) is 7.09. The minimum atomic E-state index is -0.102. The van der Waals surface area contributed by atoms with Crippen molar-refractivity contribution >= 4 is 12.4 Å². The molecule has 0 atom stereocenters. The number of hydrogen-bond acceptors (Lipinski definition) is 1. The van der Waals surface area contributed by atoms with Crippen LogP contribution in [0.15, 0.2) is 0 Å². The van der Waals surface area contributed by atoms with Crippen LogP contribution in [0.25, 0.3) is 0 Å². The van der Waals surface area contributed by atoms with E-state index in [4.69, 9.17) is 5.26 Å². The molecule has 0 saturated carbocycles. The van der Waals surface area contributed by atoms with E-state index in [-0.39, 0.29) is 17.8 Å². The Labute approximate surface area is 63.5 Å². The monoisotopic (exact) mass is 147 g/mol. The molecule has 0 unspecified atom stereocenters. The Balaban J connectivity index is 0. The van der Waals surface area contributed by atoms with E-state index in [9.17, 15) is 0 Å². The van der Waals surface area contributed by atoms with E-state index in [2.05, 4.69) is 13.0 Å². The summed E-state index contributed by atoms with van der Waals surface area (Å²) in [5, 5.41) is 8.48. The molecular formula is C7H14ClN. The molecule has 0 aromatic rings. The molecular weight excluding hydrogens is 134 g/mol. The van der Waals surface area contributed by atoms with Crippen molar-refractivity contribution in [2.24, 2.45) is 5.41 Å². The summed E-state index contributed by atoms with van der Waals surface area (Å²) >= 11 is 0. The van der Waals surface area contributed by atoms with Crippen molar-refractivity contribution in [3.05, 3.63) is 0 Å². The number of halogens is 1. The third-order valence-electron chi connectivity index (χ3n) is 1.18. The van der Waals surface area contributed by atoms with Crippen LogP contribution in [0.5, 0.6) is 0 Å². The quantitative estimate of drug-likeness (QED) is 0.589. The molecule has 1 nitrogen and oxygen atoms in total. The predicted molar refractivity (Wildman–Crippen MR) is 41.6 cm³/mol. The predicted octanol–water partition coefficient (Wildman–Crippen LogP) is 2.76. The largest absolute Gasteiger partial charge is 0.198 e. The van der Waals surface area contributed by atoms with Gasteiger partial charge in [-0.2, -0.15) is 5.26 Å². The molecule has 9 heavy (non-hydrogen) atoms. The van der Waals surface area contributed by atoms with Gasteiger partial charge in [0.05, 0.1) is 11.5 Å². The summed E-state index contributed by atoms with van der Waals surface area (Å²) in [6.45, 7) is 6.03. The first kappa shape index (κ1) is 11.6. The highest BCUT2D eigenvalue weighted by molar-refractivity contribution is 5.85. The van der Waals surface area contributed by atoms with Crippen LogP contribution in [0, 0.1) is 16.7 Å². The molecule has 0 N–H and O–H groups in total. The molecule has 0 aliphatic carbocycles. The molecule has 0 aromatic heterocycles. The lowest BCUT2D eigenvalue weighted by Gasteiger charge is -2.11. The third kappa shape index (κ3) is 5.65. The standard InChI is InChI=1S/C7H13N.ClH/c1-4-5-7(2,3)6-8;/h4-5H2,1-3H3;1H. The average molecular weight is 148 g/mol.